The van der Waals surface area contributed by atoms with Crippen LogP contribution in [0.25, 0.3) is 0 Å². The molecule has 2 amide bonds. The number of rotatable bonds is 27. The predicted molar refractivity (Wildman–Crippen MR) is 164 cm³/mol. The summed E-state index contributed by atoms with van der Waals surface area (Å²) in [6.07, 6.45) is 33.4. The van der Waals surface area contributed by atoms with Crippen molar-refractivity contribution in [1.29, 1.82) is 0 Å². The maximum absolute atomic E-state index is 11.9. The number of unbranched alkanes of at least 4 members (excludes halogenated alkanes) is 18. The van der Waals surface area contributed by atoms with Crippen LogP contribution < -0.4 is 0 Å². The van der Waals surface area contributed by atoms with Gasteiger partial charge in [0.1, 0.15) is 0 Å². The summed E-state index contributed by atoms with van der Waals surface area (Å²) in [5.41, 5.74) is 0. The largest absolute Gasteiger partial charge is 0.283 e. The van der Waals surface area contributed by atoms with Gasteiger partial charge in [-0.05, 0) is 37.9 Å². The predicted octanol–water partition coefficient (Wildman–Crippen LogP) is 10.6. The minimum Gasteiger partial charge on any atom is -0.283 e. The van der Waals surface area contributed by atoms with Crippen LogP contribution in [0, 0.1) is 0 Å². The molecule has 218 valence electrons. The zero-order valence-corrected chi connectivity index (χ0v) is 25.9. The summed E-state index contributed by atoms with van der Waals surface area (Å²) in [6, 6.07) is 0. The molecule has 0 aromatic carbocycles. The van der Waals surface area contributed by atoms with Crippen LogP contribution >= 0.6 is 11.8 Å². The van der Waals surface area contributed by atoms with Crippen molar-refractivity contribution in [2.24, 2.45) is 0 Å². The van der Waals surface area contributed by atoms with Gasteiger partial charge < -0.3 is 0 Å². The summed E-state index contributed by atoms with van der Waals surface area (Å²) in [6.45, 7) is 5.26. The lowest BCUT2D eigenvalue weighted by molar-refractivity contribution is -0.148. The zero-order chi connectivity index (χ0) is 26.8. The van der Waals surface area contributed by atoms with E-state index < -0.39 is 0 Å². The quantitative estimate of drug-likeness (QED) is 0.0772. The zero-order valence-electron chi connectivity index (χ0n) is 25.0. The molecule has 4 heteroatoms. The third kappa shape index (κ3) is 20.1. The molecule has 0 aromatic heterocycles. The smallest absolute Gasteiger partial charge is 0.229 e. The number of carbonyl (C=O) groups excluding carboxylic acids is 2. The molecule has 1 aliphatic heterocycles. The number of imide groups is 1. The third-order valence-electron chi connectivity index (χ3n) is 8.02. The summed E-state index contributed by atoms with van der Waals surface area (Å²) < 4.78 is 0. The fourth-order valence-electron chi connectivity index (χ4n) is 5.52. The van der Waals surface area contributed by atoms with E-state index in [1.165, 1.54) is 145 Å². The van der Waals surface area contributed by atoms with Gasteiger partial charge in [-0.25, -0.2) is 0 Å². The first kappa shape index (κ1) is 34.5. The third-order valence-corrected chi connectivity index (χ3v) is 9.49. The van der Waals surface area contributed by atoms with Crippen LogP contribution in [0.5, 0.6) is 0 Å². The number of hydrogen-bond donors (Lipinski definition) is 0. The van der Waals surface area contributed by atoms with Gasteiger partial charge in [0.15, 0.2) is 0 Å². The van der Waals surface area contributed by atoms with Crippen molar-refractivity contribution < 1.29 is 9.59 Å². The highest BCUT2D eigenvalue weighted by Crippen LogP contribution is 2.26. The Morgan fingerprint density at radius 1 is 0.568 bits per heavy atom. The van der Waals surface area contributed by atoms with Crippen LogP contribution in [-0.2, 0) is 9.59 Å². The topological polar surface area (TPSA) is 37.4 Å². The molecule has 0 bridgehead atoms. The highest BCUT2D eigenvalue weighted by Gasteiger charge is 2.24. The van der Waals surface area contributed by atoms with E-state index in [0.717, 1.165) is 24.5 Å². The summed E-state index contributed by atoms with van der Waals surface area (Å²) in [7, 11) is 0. The lowest BCUT2D eigenvalue weighted by atomic mass is 10.0. The molecular weight excluding hydrogens is 474 g/mol. The monoisotopic (exact) mass is 537 g/mol. The lowest BCUT2D eigenvalue weighted by Crippen LogP contribution is -2.40. The van der Waals surface area contributed by atoms with E-state index in [-0.39, 0.29) is 11.8 Å². The van der Waals surface area contributed by atoms with Crippen LogP contribution in [0.3, 0.4) is 0 Å². The van der Waals surface area contributed by atoms with E-state index in [2.05, 4.69) is 25.6 Å². The number of piperidine rings is 1. The van der Waals surface area contributed by atoms with Gasteiger partial charge in [-0.2, -0.15) is 11.8 Å². The first-order valence-electron chi connectivity index (χ1n) is 16.6. The minimum absolute atomic E-state index is 0.0470. The highest BCUT2D eigenvalue weighted by molar-refractivity contribution is 7.99. The van der Waals surface area contributed by atoms with Gasteiger partial charge in [-0.1, -0.05) is 136 Å². The molecule has 37 heavy (non-hydrogen) atoms. The Morgan fingerprint density at radius 2 is 0.973 bits per heavy atom. The molecule has 1 atom stereocenters. The van der Waals surface area contributed by atoms with Gasteiger partial charge in [0.25, 0.3) is 0 Å². The van der Waals surface area contributed by atoms with Gasteiger partial charge >= 0.3 is 0 Å². The SMILES string of the molecule is CCCCCCCCCC(CCCCCCCC)SCCCCCCCCCCN1C(=O)CCCC1=O. The van der Waals surface area contributed by atoms with Gasteiger partial charge in [-0.3, -0.25) is 14.5 Å². The standard InChI is InChI=1S/C33H63NO2S/c1-3-5-7-9-13-17-21-26-31(25-20-16-10-8-6-4-2)37-30-23-19-15-12-11-14-18-22-29-34-32(35)27-24-28-33(34)36/h31H,3-30H2,1-2H3. The second-order valence-electron chi connectivity index (χ2n) is 11.6. The Balaban J connectivity index is 2.03. The van der Waals surface area contributed by atoms with E-state index in [0.29, 0.717) is 19.4 Å². The van der Waals surface area contributed by atoms with Crippen molar-refractivity contribution in [3.8, 4) is 0 Å². The molecule has 1 fully saturated rings. The minimum atomic E-state index is 0.0470. The fraction of sp³-hybridized carbons (Fsp3) is 0.939. The molecule has 1 saturated heterocycles. The molecule has 0 saturated carbocycles. The number of hydrogen-bond acceptors (Lipinski definition) is 3. The average Bonchev–Trinajstić information content (AvgIpc) is 2.89. The van der Waals surface area contributed by atoms with Crippen molar-refractivity contribution in [2.75, 3.05) is 12.3 Å². The Morgan fingerprint density at radius 3 is 1.46 bits per heavy atom. The Hall–Kier alpha value is -0.510. The maximum atomic E-state index is 11.9. The van der Waals surface area contributed by atoms with Gasteiger partial charge in [0.2, 0.25) is 11.8 Å². The molecular formula is C33H63NO2S. The molecule has 0 aliphatic carbocycles. The van der Waals surface area contributed by atoms with Crippen LogP contribution in [0.4, 0.5) is 0 Å². The van der Waals surface area contributed by atoms with Crippen molar-refractivity contribution in [1.82, 2.24) is 4.90 Å². The normalized spacial score (nSPS) is 15.0. The van der Waals surface area contributed by atoms with Crippen molar-refractivity contribution in [3.63, 3.8) is 0 Å². The molecule has 0 spiro atoms. The number of amides is 2. The van der Waals surface area contributed by atoms with Crippen molar-refractivity contribution >= 4 is 23.6 Å². The van der Waals surface area contributed by atoms with E-state index in [9.17, 15) is 9.59 Å². The molecule has 1 aliphatic rings. The first-order chi connectivity index (χ1) is 18.2. The highest BCUT2D eigenvalue weighted by atomic mass is 32.2. The molecule has 1 unspecified atom stereocenters. The van der Waals surface area contributed by atoms with Crippen LogP contribution in [0.2, 0.25) is 0 Å². The molecule has 0 N–H and O–H groups in total. The van der Waals surface area contributed by atoms with Crippen LogP contribution in [0.15, 0.2) is 0 Å². The Labute approximate surface area is 236 Å². The number of nitrogens with zero attached hydrogens (tertiary/aromatic N) is 1. The Bertz CT molecular complexity index is 522. The second-order valence-corrected chi connectivity index (χ2v) is 13.0. The van der Waals surface area contributed by atoms with E-state index in [1.54, 1.807) is 0 Å². The molecule has 1 rings (SSSR count). The second kappa shape index (κ2) is 25.8. The first-order valence-corrected chi connectivity index (χ1v) is 17.7. The number of likely N-dealkylation sites (tertiary alicyclic amines) is 1. The molecule has 1 heterocycles. The molecule has 0 aromatic rings. The molecule has 3 nitrogen and oxygen atoms in total. The average molecular weight is 538 g/mol. The van der Waals surface area contributed by atoms with E-state index >= 15 is 0 Å². The van der Waals surface area contributed by atoms with Crippen molar-refractivity contribution in [3.05, 3.63) is 0 Å². The lowest BCUT2D eigenvalue weighted by Gasteiger charge is -2.24. The Kier molecular flexibility index (Phi) is 24.0. The van der Waals surface area contributed by atoms with E-state index in [1.807, 2.05) is 0 Å². The fourth-order valence-corrected chi connectivity index (χ4v) is 6.90. The van der Waals surface area contributed by atoms with Gasteiger partial charge in [0.05, 0.1) is 0 Å². The van der Waals surface area contributed by atoms with Crippen LogP contribution in [0.1, 0.15) is 181 Å². The number of thioether (sulfide) groups is 1. The van der Waals surface area contributed by atoms with Gasteiger partial charge in [-0.15, -0.1) is 0 Å². The summed E-state index contributed by atoms with van der Waals surface area (Å²) in [5, 5.41) is 0.903. The molecule has 0 radical (unpaired) electrons. The summed E-state index contributed by atoms with van der Waals surface area (Å²) >= 11 is 2.29. The van der Waals surface area contributed by atoms with Crippen LogP contribution in [-0.4, -0.2) is 34.3 Å². The summed E-state index contributed by atoms with van der Waals surface area (Å²) in [5.74, 6) is 1.45. The van der Waals surface area contributed by atoms with E-state index in [4.69, 9.17) is 0 Å². The van der Waals surface area contributed by atoms with Crippen molar-refractivity contribution in [2.45, 2.75) is 186 Å². The maximum Gasteiger partial charge on any atom is 0.229 e. The summed E-state index contributed by atoms with van der Waals surface area (Å²) in [4.78, 5) is 25.2. The van der Waals surface area contributed by atoms with Gasteiger partial charge in [0, 0.05) is 24.6 Å². The number of carbonyl (C=O) groups is 2.